The average Bonchev–Trinajstić information content (AvgIpc) is 2.74. The molecule has 6 nitrogen and oxygen atoms in total. The topological polar surface area (TPSA) is 75.6 Å². The van der Waals surface area contributed by atoms with Crippen LogP contribution in [-0.4, -0.2) is 25.8 Å². The summed E-state index contributed by atoms with van der Waals surface area (Å²) in [6.45, 7) is 0. The standard InChI is InChI=1S/C7H7N5O/c13-7(12-2-1-8-5-12)11-6-3-9-10-4-6/h1-5H,(H,9,10)(H,11,13). The molecule has 0 radical (unpaired) electrons. The van der Waals surface area contributed by atoms with Crippen LogP contribution < -0.4 is 5.32 Å². The SMILES string of the molecule is O=C(Nc1cn[nH]c1)n1ccnc1. The monoisotopic (exact) mass is 177 g/mol. The highest BCUT2D eigenvalue weighted by Crippen LogP contribution is 2.01. The van der Waals surface area contributed by atoms with Crippen molar-refractivity contribution in [1.29, 1.82) is 0 Å². The van der Waals surface area contributed by atoms with Gasteiger partial charge in [-0.05, 0) is 0 Å². The number of aromatic nitrogens is 4. The van der Waals surface area contributed by atoms with Gasteiger partial charge in [0.05, 0.1) is 11.9 Å². The van der Waals surface area contributed by atoms with Gasteiger partial charge in [-0.2, -0.15) is 5.10 Å². The first-order chi connectivity index (χ1) is 6.36. The van der Waals surface area contributed by atoms with Crippen LogP contribution in [0, 0.1) is 0 Å². The predicted octanol–water partition coefficient (Wildman–Crippen LogP) is 0.686. The van der Waals surface area contributed by atoms with E-state index in [0.717, 1.165) is 0 Å². The molecule has 0 saturated heterocycles. The second kappa shape index (κ2) is 3.10. The molecule has 0 unspecified atom stereocenters. The third kappa shape index (κ3) is 1.56. The van der Waals surface area contributed by atoms with E-state index >= 15 is 0 Å². The largest absolute Gasteiger partial charge is 0.331 e. The molecule has 0 bridgehead atoms. The summed E-state index contributed by atoms with van der Waals surface area (Å²) >= 11 is 0. The van der Waals surface area contributed by atoms with Gasteiger partial charge in [0.2, 0.25) is 0 Å². The van der Waals surface area contributed by atoms with E-state index in [2.05, 4.69) is 20.5 Å². The Bertz CT molecular complexity index is 377. The van der Waals surface area contributed by atoms with Crippen LogP contribution in [0.25, 0.3) is 0 Å². The number of imidazole rings is 1. The molecule has 2 aromatic heterocycles. The highest BCUT2D eigenvalue weighted by Gasteiger charge is 2.03. The third-order valence-corrected chi connectivity index (χ3v) is 1.49. The van der Waals surface area contributed by atoms with Crippen molar-refractivity contribution >= 4 is 11.7 Å². The fourth-order valence-electron chi connectivity index (χ4n) is 0.887. The molecule has 0 aromatic carbocycles. The molecule has 0 aliphatic rings. The molecule has 13 heavy (non-hydrogen) atoms. The predicted molar refractivity (Wildman–Crippen MR) is 45.2 cm³/mol. The molecule has 0 atom stereocenters. The minimum Gasteiger partial charge on any atom is -0.304 e. The molecule has 2 heterocycles. The van der Waals surface area contributed by atoms with Gasteiger partial charge in [-0.3, -0.25) is 9.67 Å². The summed E-state index contributed by atoms with van der Waals surface area (Å²) in [5, 5.41) is 8.90. The van der Waals surface area contributed by atoms with E-state index in [1.54, 1.807) is 12.4 Å². The van der Waals surface area contributed by atoms with Crippen molar-refractivity contribution in [3.63, 3.8) is 0 Å². The van der Waals surface area contributed by atoms with Crippen LogP contribution in [0.2, 0.25) is 0 Å². The lowest BCUT2D eigenvalue weighted by Gasteiger charge is -2.00. The van der Waals surface area contributed by atoms with E-state index in [-0.39, 0.29) is 6.03 Å². The number of carbonyl (C=O) groups excluding carboxylic acids is 1. The molecule has 0 aliphatic carbocycles. The molecule has 0 fully saturated rings. The van der Waals surface area contributed by atoms with E-state index in [0.29, 0.717) is 5.69 Å². The number of nitrogens with zero attached hydrogens (tertiary/aromatic N) is 3. The van der Waals surface area contributed by atoms with Gasteiger partial charge < -0.3 is 5.32 Å². The Hall–Kier alpha value is -2.11. The number of anilines is 1. The molecule has 0 saturated carbocycles. The third-order valence-electron chi connectivity index (χ3n) is 1.49. The first-order valence-electron chi connectivity index (χ1n) is 3.64. The molecule has 6 heteroatoms. The van der Waals surface area contributed by atoms with Crippen LogP contribution in [0.1, 0.15) is 0 Å². The highest BCUT2D eigenvalue weighted by atomic mass is 16.2. The number of H-pyrrole nitrogens is 1. The van der Waals surface area contributed by atoms with Crippen molar-refractivity contribution in [2.75, 3.05) is 5.32 Å². The number of carbonyl (C=O) groups is 1. The summed E-state index contributed by atoms with van der Waals surface area (Å²) in [5.74, 6) is 0. The summed E-state index contributed by atoms with van der Waals surface area (Å²) in [7, 11) is 0. The van der Waals surface area contributed by atoms with Crippen molar-refractivity contribution in [2.45, 2.75) is 0 Å². The van der Waals surface area contributed by atoms with Gasteiger partial charge in [-0.25, -0.2) is 9.78 Å². The molecule has 2 rings (SSSR count). The fourth-order valence-corrected chi connectivity index (χ4v) is 0.887. The minimum absolute atomic E-state index is 0.265. The summed E-state index contributed by atoms with van der Waals surface area (Å²) in [6.07, 6.45) is 7.64. The Balaban J connectivity index is 2.08. The highest BCUT2D eigenvalue weighted by molar-refractivity contribution is 5.90. The number of amides is 1. The molecule has 1 amide bonds. The zero-order chi connectivity index (χ0) is 9.10. The summed E-state index contributed by atoms with van der Waals surface area (Å²) in [4.78, 5) is 15.1. The normalized spacial score (nSPS) is 9.85. The van der Waals surface area contributed by atoms with Crippen LogP contribution in [-0.2, 0) is 0 Å². The molecule has 0 spiro atoms. The van der Waals surface area contributed by atoms with E-state index in [1.807, 2.05) is 0 Å². The van der Waals surface area contributed by atoms with E-state index < -0.39 is 0 Å². The lowest BCUT2D eigenvalue weighted by Crippen LogP contribution is -2.17. The summed E-state index contributed by atoms with van der Waals surface area (Å²) in [5.41, 5.74) is 0.624. The van der Waals surface area contributed by atoms with E-state index in [4.69, 9.17) is 0 Å². The Morgan fingerprint density at radius 2 is 2.54 bits per heavy atom. The van der Waals surface area contributed by atoms with Crippen LogP contribution >= 0.6 is 0 Å². The first kappa shape index (κ1) is 7.53. The van der Waals surface area contributed by atoms with Crippen LogP contribution in [0.15, 0.2) is 31.1 Å². The Morgan fingerprint density at radius 3 is 3.15 bits per heavy atom. The van der Waals surface area contributed by atoms with Crippen molar-refractivity contribution in [3.05, 3.63) is 31.1 Å². The molecule has 66 valence electrons. The van der Waals surface area contributed by atoms with Gasteiger partial charge in [0.1, 0.15) is 6.33 Å². The van der Waals surface area contributed by atoms with Gasteiger partial charge in [0.25, 0.3) is 0 Å². The van der Waals surface area contributed by atoms with Crippen molar-refractivity contribution in [2.24, 2.45) is 0 Å². The lowest BCUT2D eigenvalue weighted by atomic mass is 10.6. The molecule has 0 aliphatic heterocycles. The Labute approximate surface area is 73.6 Å². The number of hydrogen-bond acceptors (Lipinski definition) is 3. The zero-order valence-electron chi connectivity index (χ0n) is 6.64. The van der Waals surface area contributed by atoms with Gasteiger partial charge in [0.15, 0.2) is 0 Å². The van der Waals surface area contributed by atoms with Gasteiger partial charge >= 0.3 is 6.03 Å². The smallest absolute Gasteiger partial charge is 0.304 e. The molecular formula is C7H7N5O. The first-order valence-corrected chi connectivity index (χ1v) is 3.64. The van der Waals surface area contributed by atoms with Crippen molar-refractivity contribution in [3.8, 4) is 0 Å². The quantitative estimate of drug-likeness (QED) is 0.672. The maximum Gasteiger partial charge on any atom is 0.331 e. The number of aromatic amines is 1. The van der Waals surface area contributed by atoms with E-state index in [1.165, 1.54) is 23.3 Å². The number of hydrogen-bond donors (Lipinski definition) is 2. The molecule has 2 N–H and O–H groups in total. The van der Waals surface area contributed by atoms with Crippen molar-refractivity contribution in [1.82, 2.24) is 19.7 Å². The lowest BCUT2D eigenvalue weighted by molar-refractivity contribution is 0.253. The van der Waals surface area contributed by atoms with Gasteiger partial charge in [-0.1, -0.05) is 0 Å². The summed E-state index contributed by atoms with van der Waals surface area (Å²) in [6, 6.07) is -0.265. The maximum atomic E-state index is 11.3. The molecule has 2 aromatic rings. The number of rotatable bonds is 1. The van der Waals surface area contributed by atoms with Gasteiger partial charge in [0, 0.05) is 18.6 Å². The fraction of sp³-hybridized carbons (Fsp3) is 0. The van der Waals surface area contributed by atoms with E-state index in [9.17, 15) is 4.79 Å². The average molecular weight is 177 g/mol. The second-order valence-electron chi connectivity index (χ2n) is 2.39. The number of nitrogens with one attached hydrogen (secondary N) is 2. The summed E-state index contributed by atoms with van der Waals surface area (Å²) < 4.78 is 1.34. The van der Waals surface area contributed by atoms with Crippen LogP contribution in [0.3, 0.4) is 0 Å². The maximum absolute atomic E-state index is 11.3. The van der Waals surface area contributed by atoms with Crippen molar-refractivity contribution < 1.29 is 4.79 Å². The van der Waals surface area contributed by atoms with Crippen LogP contribution in [0.5, 0.6) is 0 Å². The van der Waals surface area contributed by atoms with Crippen LogP contribution in [0.4, 0.5) is 10.5 Å². The zero-order valence-corrected chi connectivity index (χ0v) is 6.64. The second-order valence-corrected chi connectivity index (χ2v) is 2.39. The Morgan fingerprint density at radius 1 is 1.62 bits per heavy atom. The van der Waals surface area contributed by atoms with Gasteiger partial charge in [-0.15, -0.1) is 0 Å². The Kier molecular flexibility index (Phi) is 1.79. The minimum atomic E-state index is -0.265. The molecular weight excluding hydrogens is 170 g/mol.